The first kappa shape index (κ1) is 15.8. The van der Waals surface area contributed by atoms with Crippen molar-refractivity contribution in [3.63, 3.8) is 0 Å². The van der Waals surface area contributed by atoms with Gasteiger partial charge in [0.15, 0.2) is 0 Å². The molecule has 2 aromatic rings. The zero-order chi connectivity index (χ0) is 15.4. The molecule has 0 aliphatic carbocycles. The van der Waals surface area contributed by atoms with Gasteiger partial charge in [-0.15, -0.1) is 0 Å². The van der Waals surface area contributed by atoms with E-state index in [0.29, 0.717) is 12.5 Å². The van der Waals surface area contributed by atoms with E-state index in [1.54, 1.807) is 7.11 Å². The van der Waals surface area contributed by atoms with E-state index >= 15 is 0 Å². The Balaban J connectivity index is 2.71. The molecular formula is C18H26N2O. The van der Waals surface area contributed by atoms with E-state index in [9.17, 15) is 0 Å². The van der Waals surface area contributed by atoms with Crippen molar-refractivity contribution in [3.8, 4) is 0 Å². The molecule has 3 heteroatoms. The number of hydrogen-bond donors (Lipinski definition) is 1. The lowest BCUT2D eigenvalue weighted by Crippen LogP contribution is -2.09. The summed E-state index contributed by atoms with van der Waals surface area (Å²) >= 11 is 0. The zero-order valence-electron chi connectivity index (χ0n) is 13.8. The molecule has 0 aliphatic heterocycles. The van der Waals surface area contributed by atoms with Crippen LogP contribution in [0.15, 0.2) is 18.2 Å². The first-order valence-corrected chi connectivity index (χ1v) is 7.75. The Morgan fingerprint density at radius 2 is 2.05 bits per heavy atom. The molecule has 0 radical (unpaired) electrons. The van der Waals surface area contributed by atoms with Crippen molar-refractivity contribution in [1.82, 2.24) is 4.98 Å². The molecule has 0 saturated carbocycles. The van der Waals surface area contributed by atoms with Crippen molar-refractivity contribution in [1.29, 1.82) is 0 Å². The topological polar surface area (TPSA) is 34.2 Å². The number of pyridine rings is 1. The quantitative estimate of drug-likeness (QED) is 0.840. The summed E-state index contributed by atoms with van der Waals surface area (Å²) in [5.74, 6) is 0.451. The molecule has 0 saturated heterocycles. The average molecular weight is 286 g/mol. The van der Waals surface area contributed by atoms with Crippen LogP contribution in [0.5, 0.6) is 0 Å². The van der Waals surface area contributed by atoms with Crippen LogP contribution < -0.4 is 5.32 Å². The van der Waals surface area contributed by atoms with Crippen molar-refractivity contribution >= 4 is 16.6 Å². The number of nitrogens with zero attached hydrogens (tertiary/aromatic N) is 1. The van der Waals surface area contributed by atoms with E-state index in [1.165, 1.54) is 16.6 Å². The van der Waals surface area contributed by atoms with Gasteiger partial charge in [0.2, 0.25) is 0 Å². The molecule has 0 spiro atoms. The molecule has 1 N–H and O–H groups in total. The molecule has 114 valence electrons. The van der Waals surface area contributed by atoms with Crippen LogP contribution in [0.3, 0.4) is 0 Å². The summed E-state index contributed by atoms with van der Waals surface area (Å²) in [5, 5.41) is 4.82. The first-order valence-electron chi connectivity index (χ1n) is 7.75. The Morgan fingerprint density at radius 1 is 1.29 bits per heavy atom. The van der Waals surface area contributed by atoms with Crippen LogP contribution in [0.1, 0.15) is 49.9 Å². The second-order valence-corrected chi connectivity index (χ2v) is 5.81. The number of benzene rings is 1. The summed E-state index contributed by atoms with van der Waals surface area (Å²) < 4.78 is 5.31. The number of methoxy groups -OCH3 is 1. The summed E-state index contributed by atoms with van der Waals surface area (Å²) in [7, 11) is 1.73. The molecule has 1 aromatic heterocycles. The third-order valence-corrected chi connectivity index (χ3v) is 3.76. The van der Waals surface area contributed by atoms with Gasteiger partial charge in [-0.1, -0.05) is 39.0 Å². The third-order valence-electron chi connectivity index (χ3n) is 3.76. The number of ether oxygens (including phenoxy) is 1. The van der Waals surface area contributed by atoms with Gasteiger partial charge in [-0.2, -0.15) is 0 Å². The van der Waals surface area contributed by atoms with Crippen LogP contribution in [0.25, 0.3) is 10.9 Å². The Bertz CT molecular complexity index is 620. The van der Waals surface area contributed by atoms with Gasteiger partial charge in [0.05, 0.1) is 12.1 Å². The zero-order valence-corrected chi connectivity index (χ0v) is 13.8. The molecule has 0 atom stereocenters. The van der Waals surface area contributed by atoms with E-state index in [2.05, 4.69) is 51.2 Å². The number of anilines is 1. The summed E-state index contributed by atoms with van der Waals surface area (Å²) in [5.41, 5.74) is 5.88. The maximum Gasteiger partial charge on any atom is 0.0781 e. The summed E-state index contributed by atoms with van der Waals surface area (Å²) in [6.07, 6.45) is 1.11. The summed E-state index contributed by atoms with van der Waals surface area (Å²) in [6.45, 7) is 10.3. The van der Waals surface area contributed by atoms with Crippen LogP contribution in [0.2, 0.25) is 0 Å². The summed E-state index contributed by atoms with van der Waals surface area (Å²) in [6, 6.07) is 6.34. The van der Waals surface area contributed by atoms with E-state index in [1.807, 2.05) is 0 Å². The van der Waals surface area contributed by atoms with E-state index < -0.39 is 0 Å². The van der Waals surface area contributed by atoms with Gasteiger partial charge in [0, 0.05) is 36.0 Å². The molecule has 2 rings (SSSR count). The van der Waals surface area contributed by atoms with E-state index in [-0.39, 0.29) is 0 Å². The average Bonchev–Trinajstić information content (AvgIpc) is 2.45. The maximum absolute atomic E-state index is 5.31. The summed E-state index contributed by atoms with van der Waals surface area (Å²) in [4.78, 5) is 4.86. The van der Waals surface area contributed by atoms with Crippen LogP contribution in [0, 0.1) is 6.92 Å². The minimum Gasteiger partial charge on any atom is -0.384 e. The largest absolute Gasteiger partial charge is 0.384 e. The highest BCUT2D eigenvalue weighted by Crippen LogP contribution is 2.34. The first-order chi connectivity index (χ1) is 10.1. The highest BCUT2D eigenvalue weighted by atomic mass is 16.5. The number of rotatable bonds is 6. The highest BCUT2D eigenvalue weighted by Gasteiger charge is 2.16. The number of nitrogens with one attached hydrogen (secondary N) is 1. The van der Waals surface area contributed by atoms with E-state index in [4.69, 9.17) is 9.72 Å². The van der Waals surface area contributed by atoms with Crippen molar-refractivity contribution in [2.24, 2.45) is 0 Å². The van der Waals surface area contributed by atoms with Gasteiger partial charge in [-0.25, -0.2) is 0 Å². The third kappa shape index (κ3) is 3.18. The van der Waals surface area contributed by atoms with Gasteiger partial charge in [0.25, 0.3) is 0 Å². The number of hydrogen-bond acceptors (Lipinski definition) is 3. The number of aryl methyl sites for hydroxylation is 1. The predicted octanol–water partition coefficient (Wildman–Crippen LogP) is 4.63. The fourth-order valence-electron chi connectivity index (χ4n) is 2.90. The molecule has 0 aliphatic rings. The van der Waals surface area contributed by atoms with Gasteiger partial charge >= 0.3 is 0 Å². The molecule has 21 heavy (non-hydrogen) atoms. The van der Waals surface area contributed by atoms with E-state index in [0.717, 1.165) is 29.7 Å². The second-order valence-electron chi connectivity index (χ2n) is 5.81. The molecular weight excluding hydrogens is 260 g/mol. The molecule has 0 unspecified atom stereocenters. The Morgan fingerprint density at radius 3 is 2.67 bits per heavy atom. The lowest BCUT2D eigenvalue weighted by atomic mass is 9.95. The molecule has 0 amide bonds. The van der Waals surface area contributed by atoms with Crippen molar-refractivity contribution in [2.45, 2.75) is 46.6 Å². The minimum atomic E-state index is 0.451. The predicted molar refractivity (Wildman–Crippen MR) is 90.1 cm³/mol. The Kier molecular flexibility index (Phi) is 5.18. The van der Waals surface area contributed by atoms with Gasteiger partial charge in [-0.3, -0.25) is 4.98 Å². The van der Waals surface area contributed by atoms with Crippen LogP contribution in [-0.4, -0.2) is 18.6 Å². The fourth-order valence-corrected chi connectivity index (χ4v) is 2.90. The lowest BCUT2D eigenvalue weighted by molar-refractivity contribution is 0.186. The fraction of sp³-hybridized carbons (Fsp3) is 0.500. The van der Waals surface area contributed by atoms with Crippen molar-refractivity contribution < 1.29 is 4.74 Å². The smallest absolute Gasteiger partial charge is 0.0781 e. The Hall–Kier alpha value is -1.61. The Labute approximate surface area is 127 Å². The molecule has 3 nitrogen and oxygen atoms in total. The van der Waals surface area contributed by atoms with Gasteiger partial charge < -0.3 is 10.1 Å². The standard InChI is InChI=1S/C18H26N2O/c1-6-10-19-18-15-9-7-8-14(11-21-5)17(15)20-13(4)16(18)12(2)3/h7-9,12H,6,10-11H2,1-5H3,(H,19,20). The van der Waals surface area contributed by atoms with Gasteiger partial charge in [-0.05, 0) is 24.8 Å². The van der Waals surface area contributed by atoms with Crippen LogP contribution in [-0.2, 0) is 11.3 Å². The molecule has 0 fully saturated rings. The molecule has 1 heterocycles. The SMILES string of the molecule is CCCNc1c(C(C)C)c(C)nc2c(COC)cccc12. The monoisotopic (exact) mass is 286 g/mol. The number of para-hydroxylation sites is 1. The number of fused-ring (bicyclic) bond motifs is 1. The highest BCUT2D eigenvalue weighted by molar-refractivity contribution is 5.95. The van der Waals surface area contributed by atoms with Gasteiger partial charge in [0.1, 0.15) is 0 Å². The van der Waals surface area contributed by atoms with Crippen molar-refractivity contribution in [2.75, 3.05) is 19.0 Å². The normalized spacial score (nSPS) is 11.3. The molecule has 1 aromatic carbocycles. The second kappa shape index (κ2) is 6.90. The molecule has 0 bridgehead atoms. The van der Waals surface area contributed by atoms with Crippen LogP contribution >= 0.6 is 0 Å². The lowest BCUT2D eigenvalue weighted by Gasteiger charge is -2.20. The van der Waals surface area contributed by atoms with Crippen molar-refractivity contribution in [3.05, 3.63) is 35.0 Å². The van der Waals surface area contributed by atoms with Crippen LogP contribution in [0.4, 0.5) is 5.69 Å². The number of aromatic nitrogens is 1. The minimum absolute atomic E-state index is 0.451. The maximum atomic E-state index is 5.31.